The second-order valence-corrected chi connectivity index (χ2v) is 7.00. The highest BCUT2D eigenvalue weighted by Crippen LogP contribution is 2.17. The molecule has 1 N–H and O–H groups in total. The molecule has 1 aromatic carbocycles. The molecule has 3 rings (SSSR count). The molecule has 1 aliphatic heterocycles. The summed E-state index contributed by atoms with van der Waals surface area (Å²) in [7, 11) is 0. The Hall–Kier alpha value is -2.73. The highest BCUT2D eigenvalue weighted by molar-refractivity contribution is 5.87. The normalized spacial score (nSPS) is 15.6. The van der Waals surface area contributed by atoms with Crippen molar-refractivity contribution in [1.29, 1.82) is 0 Å². The van der Waals surface area contributed by atoms with Gasteiger partial charge in [0, 0.05) is 43.5 Å². The van der Waals surface area contributed by atoms with Crippen molar-refractivity contribution < 1.29 is 9.53 Å². The first-order chi connectivity index (χ1) is 13.6. The van der Waals surface area contributed by atoms with Gasteiger partial charge in [-0.25, -0.2) is 14.8 Å². The number of benzene rings is 1. The van der Waals surface area contributed by atoms with Crippen LogP contribution in [-0.2, 0) is 16.1 Å². The van der Waals surface area contributed by atoms with E-state index in [4.69, 9.17) is 4.74 Å². The van der Waals surface area contributed by atoms with Gasteiger partial charge in [0.25, 0.3) is 0 Å². The smallest absolute Gasteiger partial charge is 0.330 e. The van der Waals surface area contributed by atoms with Crippen LogP contribution in [0.2, 0.25) is 0 Å². The van der Waals surface area contributed by atoms with Gasteiger partial charge in [0.1, 0.15) is 0 Å². The molecule has 2 aromatic rings. The first-order valence-electron chi connectivity index (χ1n) is 9.85. The summed E-state index contributed by atoms with van der Waals surface area (Å²) in [5.74, 6) is 0.290. The molecule has 1 aromatic heterocycles. The second-order valence-electron chi connectivity index (χ2n) is 7.00. The zero-order valence-electron chi connectivity index (χ0n) is 16.6. The highest BCUT2D eigenvalue weighted by Gasteiger charge is 2.20. The summed E-state index contributed by atoms with van der Waals surface area (Å²) in [5.41, 5.74) is 3.01. The van der Waals surface area contributed by atoms with E-state index in [1.54, 1.807) is 19.2 Å². The lowest BCUT2D eigenvalue weighted by atomic mass is 10.0. The second kappa shape index (κ2) is 9.99. The first-order valence-corrected chi connectivity index (χ1v) is 9.85. The number of rotatable bonds is 7. The number of ether oxygens (including phenoxy) is 1. The molecule has 0 atom stereocenters. The third-order valence-electron chi connectivity index (χ3n) is 4.87. The molecular formula is C22H28N4O2. The van der Waals surface area contributed by atoms with Crippen LogP contribution >= 0.6 is 0 Å². The Morgan fingerprint density at radius 1 is 1.29 bits per heavy atom. The number of nitrogens with one attached hydrogen (secondary N) is 1. The molecule has 1 aliphatic rings. The van der Waals surface area contributed by atoms with Crippen LogP contribution in [0.5, 0.6) is 0 Å². The van der Waals surface area contributed by atoms with E-state index in [2.05, 4.69) is 50.5 Å². The van der Waals surface area contributed by atoms with E-state index in [0.29, 0.717) is 18.6 Å². The molecule has 2 heterocycles. The topological polar surface area (TPSA) is 67.3 Å². The quantitative estimate of drug-likeness (QED) is 0.586. The predicted molar refractivity (Wildman–Crippen MR) is 111 cm³/mol. The summed E-state index contributed by atoms with van der Waals surface area (Å²) in [6.07, 6.45) is 6.98. The van der Waals surface area contributed by atoms with Crippen molar-refractivity contribution in [3.63, 3.8) is 0 Å². The predicted octanol–water partition coefficient (Wildman–Crippen LogP) is 3.44. The molecule has 0 bridgehead atoms. The van der Waals surface area contributed by atoms with Gasteiger partial charge in [-0.1, -0.05) is 30.3 Å². The number of carbonyl (C=O) groups is 1. The number of anilines is 1. The molecule has 1 fully saturated rings. The van der Waals surface area contributed by atoms with Crippen LogP contribution in [0.15, 0.2) is 42.6 Å². The number of hydrogen-bond acceptors (Lipinski definition) is 6. The summed E-state index contributed by atoms with van der Waals surface area (Å²) < 4.78 is 4.89. The van der Waals surface area contributed by atoms with Crippen molar-refractivity contribution >= 4 is 18.0 Å². The summed E-state index contributed by atoms with van der Waals surface area (Å²) >= 11 is 0. The Morgan fingerprint density at radius 3 is 2.71 bits per heavy atom. The average Bonchev–Trinajstić information content (AvgIpc) is 2.70. The van der Waals surface area contributed by atoms with Crippen LogP contribution in [0.1, 0.15) is 36.6 Å². The third-order valence-corrected chi connectivity index (χ3v) is 4.87. The average molecular weight is 380 g/mol. The van der Waals surface area contributed by atoms with E-state index >= 15 is 0 Å². The van der Waals surface area contributed by atoms with Crippen molar-refractivity contribution in [1.82, 2.24) is 14.9 Å². The SMILES string of the molecule is CCOC(=O)C=Cc1cnc(NC2CCN(Cc3ccccc3)CC2)nc1C. The van der Waals surface area contributed by atoms with Crippen LogP contribution in [0, 0.1) is 6.92 Å². The summed E-state index contributed by atoms with van der Waals surface area (Å²) in [4.78, 5) is 22.9. The van der Waals surface area contributed by atoms with Gasteiger partial charge in [0.05, 0.1) is 12.3 Å². The van der Waals surface area contributed by atoms with Crippen molar-refractivity contribution in [3.05, 3.63) is 59.4 Å². The van der Waals surface area contributed by atoms with Crippen LogP contribution < -0.4 is 5.32 Å². The molecule has 28 heavy (non-hydrogen) atoms. The Morgan fingerprint density at radius 2 is 2.04 bits per heavy atom. The van der Waals surface area contributed by atoms with Gasteiger partial charge in [-0.05, 0) is 38.3 Å². The lowest BCUT2D eigenvalue weighted by Crippen LogP contribution is -2.39. The maximum absolute atomic E-state index is 11.4. The van der Waals surface area contributed by atoms with Gasteiger partial charge in [0.2, 0.25) is 5.95 Å². The Labute approximate surface area is 166 Å². The number of esters is 1. The summed E-state index contributed by atoms with van der Waals surface area (Å²) in [5, 5.41) is 3.45. The van der Waals surface area contributed by atoms with E-state index in [-0.39, 0.29) is 5.97 Å². The van der Waals surface area contributed by atoms with Crippen molar-refractivity contribution in [3.8, 4) is 0 Å². The fourth-order valence-corrected chi connectivity index (χ4v) is 3.32. The fraction of sp³-hybridized carbons (Fsp3) is 0.409. The zero-order chi connectivity index (χ0) is 19.8. The number of aromatic nitrogens is 2. The summed E-state index contributed by atoms with van der Waals surface area (Å²) in [6, 6.07) is 11.0. The zero-order valence-corrected chi connectivity index (χ0v) is 16.6. The van der Waals surface area contributed by atoms with Crippen LogP contribution in [-0.4, -0.2) is 46.6 Å². The van der Waals surface area contributed by atoms with Gasteiger partial charge >= 0.3 is 5.97 Å². The minimum absolute atomic E-state index is 0.355. The summed E-state index contributed by atoms with van der Waals surface area (Å²) in [6.45, 7) is 7.20. The van der Waals surface area contributed by atoms with Crippen LogP contribution in [0.25, 0.3) is 6.08 Å². The van der Waals surface area contributed by atoms with E-state index in [0.717, 1.165) is 43.7 Å². The van der Waals surface area contributed by atoms with Gasteiger partial charge in [-0.2, -0.15) is 0 Å². The molecule has 0 saturated carbocycles. The minimum atomic E-state index is -0.355. The molecule has 0 aliphatic carbocycles. The molecular weight excluding hydrogens is 352 g/mol. The standard InChI is InChI=1S/C22H28N4O2/c1-3-28-21(27)10-9-19-15-23-22(24-17(19)2)25-20-11-13-26(14-12-20)16-18-7-5-4-6-8-18/h4-10,15,20H,3,11-14,16H2,1-2H3,(H,23,24,25). The van der Waals surface area contributed by atoms with Gasteiger partial charge in [-0.3, -0.25) is 4.90 Å². The van der Waals surface area contributed by atoms with E-state index in [9.17, 15) is 4.79 Å². The Balaban J connectivity index is 1.49. The highest BCUT2D eigenvalue weighted by atomic mass is 16.5. The molecule has 0 unspecified atom stereocenters. The number of carbonyl (C=O) groups excluding carboxylic acids is 1. The minimum Gasteiger partial charge on any atom is -0.463 e. The number of nitrogens with zero attached hydrogens (tertiary/aromatic N) is 3. The van der Waals surface area contributed by atoms with Gasteiger partial charge in [-0.15, -0.1) is 0 Å². The maximum atomic E-state index is 11.4. The van der Waals surface area contributed by atoms with E-state index < -0.39 is 0 Å². The molecule has 1 saturated heterocycles. The number of hydrogen-bond donors (Lipinski definition) is 1. The number of aryl methyl sites for hydroxylation is 1. The molecule has 148 valence electrons. The van der Waals surface area contributed by atoms with Crippen molar-refractivity contribution in [2.75, 3.05) is 25.0 Å². The number of likely N-dealkylation sites (tertiary alicyclic amines) is 1. The number of piperidine rings is 1. The van der Waals surface area contributed by atoms with Crippen LogP contribution in [0.3, 0.4) is 0 Å². The van der Waals surface area contributed by atoms with Crippen molar-refractivity contribution in [2.24, 2.45) is 0 Å². The molecule has 0 radical (unpaired) electrons. The van der Waals surface area contributed by atoms with E-state index in [1.807, 2.05) is 6.92 Å². The monoisotopic (exact) mass is 380 g/mol. The van der Waals surface area contributed by atoms with Gasteiger partial charge < -0.3 is 10.1 Å². The largest absolute Gasteiger partial charge is 0.463 e. The maximum Gasteiger partial charge on any atom is 0.330 e. The Kier molecular flexibility index (Phi) is 7.14. The van der Waals surface area contributed by atoms with Gasteiger partial charge in [0.15, 0.2) is 0 Å². The molecule has 6 nitrogen and oxygen atoms in total. The fourth-order valence-electron chi connectivity index (χ4n) is 3.32. The Bertz CT molecular complexity index is 799. The molecule has 6 heteroatoms. The first kappa shape index (κ1) is 20.0. The lowest BCUT2D eigenvalue weighted by molar-refractivity contribution is -0.137. The van der Waals surface area contributed by atoms with E-state index in [1.165, 1.54) is 11.6 Å². The van der Waals surface area contributed by atoms with Crippen molar-refractivity contribution in [2.45, 2.75) is 39.3 Å². The molecule has 0 amide bonds. The molecule has 0 spiro atoms. The van der Waals surface area contributed by atoms with Crippen LogP contribution in [0.4, 0.5) is 5.95 Å². The third kappa shape index (κ3) is 5.89. The lowest BCUT2D eigenvalue weighted by Gasteiger charge is -2.32.